The monoisotopic (exact) mass is 355 g/mol. The van der Waals surface area contributed by atoms with Crippen LogP contribution in [0.5, 0.6) is 11.5 Å². The van der Waals surface area contributed by atoms with Crippen LogP contribution in [0.3, 0.4) is 0 Å². The molecule has 0 atom stereocenters. The number of nitro groups is 1. The molecule has 0 radical (unpaired) electrons. The Morgan fingerprint density at radius 1 is 1.00 bits per heavy atom. The predicted octanol–water partition coefficient (Wildman–Crippen LogP) is 2.29. The quantitative estimate of drug-likeness (QED) is 0.620. The third-order valence-corrected chi connectivity index (χ3v) is 4.61. The Labute approximate surface area is 149 Å². The molecule has 1 fully saturated rings. The van der Waals surface area contributed by atoms with Gasteiger partial charge < -0.3 is 19.3 Å². The first kappa shape index (κ1) is 16.2. The molecule has 0 bridgehead atoms. The Morgan fingerprint density at radius 2 is 1.73 bits per heavy atom. The second-order valence-corrected chi connectivity index (χ2v) is 6.09. The van der Waals surface area contributed by atoms with E-state index < -0.39 is 0 Å². The van der Waals surface area contributed by atoms with Crippen LogP contribution >= 0.6 is 0 Å². The lowest BCUT2D eigenvalue weighted by Gasteiger charge is -2.35. The molecule has 2 aromatic rings. The third kappa shape index (κ3) is 2.90. The highest BCUT2D eigenvalue weighted by molar-refractivity contribution is 5.95. The molecule has 0 saturated carbocycles. The Balaban J connectivity index is 1.45. The average molecular weight is 355 g/mol. The summed E-state index contributed by atoms with van der Waals surface area (Å²) in [6.45, 7) is 2.25. The van der Waals surface area contributed by atoms with E-state index in [4.69, 9.17) is 9.47 Å². The van der Waals surface area contributed by atoms with E-state index in [-0.39, 0.29) is 23.3 Å². The van der Waals surface area contributed by atoms with E-state index in [1.807, 2.05) is 4.90 Å². The van der Waals surface area contributed by atoms with E-state index in [0.29, 0.717) is 48.9 Å². The van der Waals surface area contributed by atoms with Crippen molar-refractivity contribution < 1.29 is 19.2 Å². The third-order valence-electron chi connectivity index (χ3n) is 4.61. The van der Waals surface area contributed by atoms with Gasteiger partial charge in [0, 0.05) is 37.8 Å². The van der Waals surface area contributed by atoms with Crippen molar-refractivity contribution in [1.29, 1.82) is 0 Å². The Kier molecular flexibility index (Phi) is 4.08. The molecule has 2 aliphatic rings. The van der Waals surface area contributed by atoms with Gasteiger partial charge in [0.25, 0.3) is 11.6 Å². The number of hydrogen-bond acceptors (Lipinski definition) is 6. The SMILES string of the molecule is O=C(c1ccc2c(c1)OCO2)N1CCN(c2ccccc2[N+](=O)[O-])CC1. The van der Waals surface area contributed by atoms with Crippen LogP contribution in [-0.4, -0.2) is 48.7 Å². The molecular formula is C18H17N3O5. The number of hydrogen-bond donors (Lipinski definition) is 0. The number of ether oxygens (including phenoxy) is 2. The number of carbonyl (C=O) groups excluding carboxylic acids is 1. The highest BCUT2D eigenvalue weighted by Crippen LogP contribution is 2.33. The molecule has 1 saturated heterocycles. The van der Waals surface area contributed by atoms with Gasteiger partial charge in [-0.2, -0.15) is 0 Å². The summed E-state index contributed by atoms with van der Waals surface area (Å²) in [5.41, 5.74) is 1.23. The summed E-state index contributed by atoms with van der Waals surface area (Å²) >= 11 is 0. The van der Waals surface area contributed by atoms with E-state index in [1.54, 1.807) is 41.3 Å². The van der Waals surface area contributed by atoms with Crippen LogP contribution in [0.1, 0.15) is 10.4 Å². The summed E-state index contributed by atoms with van der Waals surface area (Å²) in [6, 6.07) is 11.8. The van der Waals surface area contributed by atoms with Gasteiger partial charge in [-0.25, -0.2) is 0 Å². The van der Waals surface area contributed by atoms with Crippen LogP contribution in [-0.2, 0) is 0 Å². The van der Waals surface area contributed by atoms with E-state index in [0.717, 1.165) is 0 Å². The van der Waals surface area contributed by atoms with Gasteiger partial charge in [-0.15, -0.1) is 0 Å². The Bertz CT molecular complexity index is 862. The lowest BCUT2D eigenvalue weighted by molar-refractivity contribution is -0.384. The van der Waals surface area contributed by atoms with Gasteiger partial charge in [-0.05, 0) is 24.3 Å². The zero-order valence-electron chi connectivity index (χ0n) is 14.0. The molecule has 0 aromatic heterocycles. The number of carbonyl (C=O) groups is 1. The van der Waals surface area contributed by atoms with E-state index >= 15 is 0 Å². The maximum Gasteiger partial charge on any atom is 0.292 e. The fourth-order valence-corrected chi connectivity index (χ4v) is 3.25. The van der Waals surface area contributed by atoms with Crippen molar-refractivity contribution in [2.75, 3.05) is 37.9 Å². The molecule has 2 aliphatic heterocycles. The first-order valence-corrected chi connectivity index (χ1v) is 8.31. The van der Waals surface area contributed by atoms with Gasteiger partial charge in [0.05, 0.1) is 4.92 Å². The average Bonchev–Trinajstić information content (AvgIpc) is 3.15. The molecule has 0 unspecified atom stereocenters. The van der Waals surface area contributed by atoms with Crippen molar-refractivity contribution in [1.82, 2.24) is 4.90 Å². The van der Waals surface area contributed by atoms with E-state index in [1.165, 1.54) is 6.07 Å². The second-order valence-electron chi connectivity index (χ2n) is 6.09. The van der Waals surface area contributed by atoms with Crippen LogP contribution in [0, 0.1) is 10.1 Å². The number of anilines is 1. The topological polar surface area (TPSA) is 85.2 Å². The number of amides is 1. The molecule has 0 spiro atoms. The van der Waals surface area contributed by atoms with Crippen molar-refractivity contribution in [2.24, 2.45) is 0 Å². The molecule has 26 heavy (non-hydrogen) atoms. The molecule has 0 aliphatic carbocycles. The number of fused-ring (bicyclic) bond motifs is 1. The highest BCUT2D eigenvalue weighted by Gasteiger charge is 2.27. The van der Waals surface area contributed by atoms with E-state index in [9.17, 15) is 14.9 Å². The fraction of sp³-hybridized carbons (Fsp3) is 0.278. The zero-order valence-corrected chi connectivity index (χ0v) is 14.0. The summed E-state index contributed by atoms with van der Waals surface area (Å²) < 4.78 is 10.6. The van der Waals surface area contributed by atoms with Gasteiger partial charge in [0.2, 0.25) is 6.79 Å². The predicted molar refractivity (Wildman–Crippen MR) is 93.8 cm³/mol. The molecule has 134 valence electrons. The maximum atomic E-state index is 12.7. The number of benzene rings is 2. The normalized spacial score (nSPS) is 15.8. The highest BCUT2D eigenvalue weighted by atomic mass is 16.7. The van der Waals surface area contributed by atoms with Crippen molar-refractivity contribution in [3.05, 3.63) is 58.1 Å². The van der Waals surface area contributed by atoms with E-state index in [2.05, 4.69) is 0 Å². The molecular weight excluding hydrogens is 338 g/mol. The Hall–Kier alpha value is -3.29. The molecule has 2 aromatic carbocycles. The summed E-state index contributed by atoms with van der Waals surface area (Å²) in [5, 5.41) is 11.2. The minimum Gasteiger partial charge on any atom is -0.454 e. The molecule has 1 amide bonds. The van der Waals surface area contributed by atoms with Gasteiger partial charge in [-0.3, -0.25) is 14.9 Å². The molecule has 8 nitrogen and oxygen atoms in total. The molecule has 4 rings (SSSR count). The lowest BCUT2D eigenvalue weighted by atomic mass is 10.1. The van der Waals surface area contributed by atoms with Gasteiger partial charge in [0.15, 0.2) is 11.5 Å². The number of nitrogens with zero attached hydrogens (tertiary/aromatic N) is 3. The maximum absolute atomic E-state index is 12.7. The number of rotatable bonds is 3. The Morgan fingerprint density at radius 3 is 2.50 bits per heavy atom. The number of nitro benzene ring substituents is 1. The lowest BCUT2D eigenvalue weighted by Crippen LogP contribution is -2.48. The van der Waals surface area contributed by atoms with Crippen LogP contribution in [0.15, 0.2) is 42.5 Å². The summed E-state index contributed by atoms with van der Waals surface area (Å²) in [7, 11) is 0. The van der Waals surface area contributed by atoms with Gasteiger partial charge >= 0.3 is 0 Å². The van der Waals surface area contributed by atoms with Crippen molar-refractivity contribution in [3.63, 3.8) is 0 Å². The number of para-hydroxylation sites is 2. The van der Waals surface area contributed by atoms with Gasteiger partial charge in [0.1, 0.15) is 5.69 Å². The minimum atomic E-state index is -0.376. The molecule has 8 heteroatoms. The first-order chi connectivity index (χ1) is 12.6. The fourth-order valence-electron chi connectivity index (χ4n) is 3.25. The first-order valence-electron chi connectivity index (χ1n) is 8.31. The zero-order chi connectivity index (χ0) is 18.1. The number of piperazine rings is 1. The van der Waals surface area contributed by atoms with Crippen LogP contribution < -0.4 is 14.4 Å². The second kappa shape index (κ2) is 6.55. The van der Waals surface area contributed by atoms with Crippen molar-refractivity contribution in [3.8, 4) is 11.5 Å². The van der Waals surface area contributed by atoms with Crippen molar-refractivity contribution >= 4 is 17.3 Å². The minimum absolute atomic E-state index is 0.0782. The standard InChI is InChI=1S/C18H17N3O5/c22-18(13-5-6-16-17(11-13)26-12-25-16)20-9-7-19(8-10-20)14-3-1-2-4-15(14)21(23)24/h1-6,11H,7-10,12H2. The van der Waals surface area contributed by atoms with Crippen LogP contribution in [0.4, 0.5) is 11.4 Å². The summed E-state index contributed by atoms with van der Waals surface area (Å²) in [6.07, 6.45) is 0. The van der Waals surface area contributed by atoms with Crippen LogP contribution in [0.25, 0.3) is 0 Å². The molecule has 0 N–H and O–H groups in total. The molecule has 2 heterocycles. The van der Waals surface area contributed by atoms with Crippen LogP contribution in [0.2, 0.25) is 0 Å². The smallest absolute Gasteiger partial charge is 0.292 e. The summed E-state index contributed by atoms with van der Waals surface area (Å²) in [4.78, 5) is 27.3. The van der Waals surface area contributed by atoms with Gasteiger partial charge in [-0.1, -0.05) is 12.1 Å². The summed E-state index contributed by atoms with van der Waals surface area (Å²) in [5.74, 6) is 1.14. The largest absolute Gasteiger partial charge is 0.454 e. The van der Waals surface area contributed by atoms with Crippen molar-refractivity contribution in [2.45, 2.75) is 0 Å².